The van der Waals surface area contributed by atoms with Gasteiger partial charge >= 0.3 is 5.97 Å². The Balaban J connectivity index is 2.24. The Labute approximate surface area is 108 Å². The molecule has 3 unspecified atom stereocenters. The van der Waals surface area contributed by atoms with Crippen molar-refractivity contribution in [3.63, 3.8) is 0 Å². The fraction of sp³-hybridized carbons (Fsp3) is 0.786. The van der Waals surface area contributed by atoms with E-state index in [1.807, 2.05) is 26.8 Å². The van der Waals surface area contributed by atoms with E-state index in [-0.39, 0.29) is 18.5 Å². The van der Waals surface area contributed by atoms with Crippen LogP contribution in [0.3, 0.4) is 0 Å². The minimum absolute atomic E-state index is 0.141. The average molecular weight is 253 g/mol. The topological polar surface area (TPSA) is 58.6 Å². The first-order valence-electron chi connectivity index (χ1n) is 6.61. The Bertz CT molecular complexity index is 359. The van der Waals surface area contributed by atoms with E-state index in [9.17, 15) is 9.90 Å². The molecule has 4 heteroatoms. The standard InChI is InChI=1S/C14H23NO3/c1-13(2,3)18-12(17)14(9-16)6-4-5-10-7-15-8-11(10)14/h4-5,10-11,15-16H,6-9H2,1-3H3. The maximum Gasteiger partial charge on any atom is 0.315 e. The smallest absolute Gasteiger partial charge is 0.315 e. The molecule has 2 rings (SSSR count). The number of ether oxygens (including phenoxy) is 1. The molecule has 4 nitrogen and oxygen atoms in total. The van der Waals surface area contributed by atoms with Gasteiger partial charge in [0.15, 0.2) is 0 Å². The number of rotatable bonds is 2. The van der Waals surface area contributed by atoms with E-state index in [1.165, 1.54) is 0 Å². The van der Waals surface area contributed by atoms with Crippen LogP contribution < -0.4 is 5.32 Å². The fourth-order valence-electron chi connectivity index (χ4n) is 2.97. The lowest BCUT2D eigenvalue weighted by Gasteiger charge is -2.40. The number of allylic oxidation sites excluding steroid dienone is 1. The summed E-state index contributed by atoms with van der Waals surface area (Å²) in [5, 5.41) is 13.1. The fourth-order valence-corrected chi connectivity index (χ4v) is 2.97. The molecule has 1 heterocycles. The van der Waals surface area contributed by atoms with Crippen LogP contribution in [0.1, 0.15) is 27.2 Å². The number of hydrogen-bond donors (Lipinski definition) is 2. The molecule has 1 saturated heterocycles. The monoisotopic (exact) mass is 253 g/mol. The summed E-state index contributed by atoms with van der Waals surface area (Å²) in [7, 11) is 0. The second kappa shape index (κ2) is 4.67. The molecule has 0 amide bonds. The van der Waals surface area contributed by atoms with Crippen molar-refractivity contribution in [3.05, 3.63) is 12.2 Å². The molecule has 1 fully saturated rings. The number of carbonyl (C=O) groups is 1. The van der Waals surface area contributed by atoms with Gasteiger partial charge in [-0.05, 0) is 45.6 Å². The molecule has 2 aliphatic rings. The van der Waals surface area contributed by atoms with E-state index >= 15 is 0 Å². The van der Waals surface area contributed by atoms with Crippen LogP contribution in [0.25, 0.3) is 0 Å². The Hall–Kier alpha value is -0.870. The zero-order valence-electron chi connectivity index (χ0n) is 11.4. The molecular formula is C14H23NO3. The van der Waals surface area contributed by atoms with Crippen molar-refractivity contribution >= 4 is 5.97 Å². The first kappa shape index (κ1) is 13.6. The van der Waals surface area contributed by atoms with Crippen molar-refractivity contribution in [3.8, 4) is 0 Å². The molecule has 0 aromatic rings. The highest BCUT2D eigenvalue weighted by molar-refractivity contribution is 5.78. The van der Waals surface area contributed by atoms with Crippen LogP contribution in [0.15, 0.2) is 12.2 Å². The van der Waals surface area contributed by atoms with Crippen molar-refractivity contribution in [1.82, 2.24) is 5.32 Å². The van der Waals surface area contributed by atoms with E-state index in [0.717, 1.165) is 13.1 Å². The van der Waals surface area contributed by atoms with Gasteiger partial charge in [0.2, 0.25) is 0 Å². The highest BCUT2D eigenvalue weighted by Gasteiger charge is 2.52. The van der Waals surface area contributed by atoms with Gasteiger partial charge in [-0.25, -0.2) is 0 Å². The molecule has 1 aliphatic carbocycles. The molecule has 2 N–H and O–H groups in total. The normalized spacial score (nSPS) is 35.3. The predicted molar refractivity (Wildman–Crippen MR) is 69.0 cm³/mol. The number of fused-ring (bicyclic) bond motifs is 1. The molecule has 18 heavy (non-hydrogen) atoms. The van der Waals surface area contributed by atoms with Gasteiger partial charge in [0, 0.05) is 6.54 Å². The van der Waals surface area contributed by atoms with E-state index in [4.69, 9.17) is 4.74 Å². The molecular weight excluding hydrogens is 230 g/mol. The molecule has 0 radical (unpaired) electrons. The van der Waals surface area contributed by atoms with E-state index in [2.05, 4.69) is 11.4 Å². The number of aliphatic hydroxyl groups excluding tert-OH is 1. The molecule has 0 aromatic heterocycles. The van der Waals surface area contributed by atoms with Crippen molar-refractivity contribution in [2.24, 2.45) is 17.3 Å². The van der Waals surface area contributed by atoms with Crippen molar-refractivity contribution < 1.29 is 14.6 Å². The van der Waals surface area contributed by atoms with E-state index in [1.54, 1.807) is 0 Å². The van der Waals surface area contributed by atoms with Crippen molar-refractivity contribution in [2.45, 2.75) is 32.8 Å². The summed E-state index contributed by atoms with van der Waals surface area (Å²) in [4.78, 5) is 12.5. The highest BCUT2D eigenvalue weighted by atomic mass is 16.6. The predicted octanol–water partition coefficient (Wildman–Crippen LogP) is 1.10. The SMILES string of the molecule is CC(C)(C)OC(=O)C1(CO)CC=CC2CNCC21. The second-order valence-electron chi connectivity index (χ2n) is 6.38. The summed E-state index contributed by atoms with van der Waals surface area (Å²) in [6.07, 6.45) is 4.73. The van der Waals surface area contributed by atoms with Gasteiger partial charge in [-0.1, -0.05) is 12.2 Å². The maximum absolute atomic E-state index is 12.5. The summed E-state index contributed by atoms with van der Waals surface area (Å²) < 4.78 is 5.52. The van der Waals surface area contributed by atoms with Crippen LogP contribution in [-0.4, -0.2) is 36.4 Å². The molecule has 102 valence electrons. The van der Waals surface area contributed by atoms with Gasteiger partial charge in [-0.3, -0.25) is 4.79 Å². The molecule has 0 saturated carbocycles. The zero-order valence-corrected chi connectivity index (χ0v) is 11.4. The zero-order chi connectivity index (χ0) is 13.4. The van der Waals surface area contributed by atoms with Gasteiger partial charge in [-0.2, -0.15) is 0 Å². The van der Waals surface area contributed by atoms with Crippen molar-refractivity contribution in [1.29, 1.82) is 0 Å². The van der Waals surface area contributed by atoms with Gasteiger partial charge in [0.25, 0.3) is 0 Å². The van der Waals surface area contributed by atoms with Gasteiger partial charge in [0.05, 0.1) is 12.0 Å². The van der Waals surface area contributed by atoms with Crippen LogP contribution in [0.5, 0.6) is 0 Å². The summed E-state index contributed by atoms with van der Waals surface area (Å²) in [5.74, 6) is 0.210. The van der Waals surface area contributed by atoms with Gasteiger partial charge < -0.3 is 15.2 Å². The summed E-state index contributed by atoms with van der Waals surface area (Å²) in [6, 6.07) is 0. The van der Waals surface area contributed by atoms with Crippen molar-refractivity contribution in [2.75, 3.05) is 19.7 Å². The van der Waals surface area contributed by atoms with Crippen LogP contribution in [0.4, 0.5) is 0 Å². The minimum atomic E-state index is -0.768. The quantitative estimate of drug-likeness (QED) is 0.571. The number of nitrogens with one attached hydrogen (secondary N) is 1. The first-order valence-corrected chi connectivity index (χ1v) is 6.61. The Morgan fingerprint density at radius 2 is 2.22 bits per heavy atom. The van der Waals surface area contributed by atoms with Gasteiger partial charge in [0.1, 0.15) is 5.60 Å². The average Bonchev–Trinajstić information content (AvgIpc) is 2.74. The largest absolute Gasteiger partial charge is 0.459 e. The number of carbonyl (C=O) groups excluding carboxylic acids is 1. The summed E-state index contributed by atoms with van der Waals surface area (Å²) in [5.41, 5.74) is -1.28. The summed E-state index contributed by atoms with van der Waals surface area (Å²) in [6.45, 7) is 7.09. The maximum atomic E-state index is 12.5. The molecule has 0 aromatic carbocycles. The third kappa shape index (κ3) is 2.31. The molecule has 3 atom stereocenters. The van der Waals surface area contributed by atoms with E-state index < -0.39 is 11.0 Å². The van der Waals surface area contributed by atoms with Gasteiger partial charge in [-0.15, -0.1) is 0 Å². The Morgan fingerprint density at radius 1 is 1.50 bits per heavy atom. The second-order valence-corrected chi connectivity index (χ2v) is 6.38. The number of aliphatic hydroxyl groups is 1. The third-order valence-corrected chi connectivity index (χ3v) is 3.92. The Morgan fingerprint density at radius 3 is 2.83 bits per heavy atom. The number of esters is 1. The van der Waals surface area contributed by atoms with Crippen LogP contribution >= 0.6 is 0 Å². The van der Waals surface area contributed by atoms with Crippen LogP contribution in [-0.2, 0) is 9.53 Å². The minimum Gasteiger partial charge on any atom is -0.459 e. The van der Waals surface area contributed by atoms with Crippen LogP contribution in [0.2, 0.25) is 0 Å². The third-order valence-electron chi connectivity index (χ3n) is 3.92. The summed E-state index contributed by atoms with van der Waals surface area (Å²) >= 11 is 0. The lowest BCUT2D eigenvalue weighted by atomic mass is 9.66. The lowest BCUT2D eigenvalue weighted by Crippen LogP contribution is -2.49. The lowest BCUT2D eigenvalue weighted by molar-refractivity contribution is -0.175. The molecule has 1 aliphatic heterocycles. The Kier molecular flexibility index (Phi) is 3.52. The molecule has 0 bridgehead atoms. The number of hydrogen-bond acceptors (Lipinski definition) is 4. The molecule has 0 spiro atoms. The van der Waals surface area contributed by atoms with E-state index in [0.29, 0.717) is 12.3 Å². The first-order chi connectivity index (χ1) is 8.39. The van der Waals surface area contributed by atoms with Crippen LogP contribution in [0, 0.1) is 17.3 Å². The highest BCUT2D eigenvalue weighted by Crippen LogP contribution is 2.44.